The summed E-state index contributed by atoms with van der Waals surface area (Å²) >= 11 is 0. The maximum Gasteiger partial charge on any atom is 0.158 e. The Bertz CT molecular complexity index is 1200. The van der Waals surface area contributed by atoms with Gasteiger partial charge in [-0.25, -0.2) is 0 Å². The van der Waals surface area contributed by atoms with E-state index >= 15 is 0 Å². The van der Waals surface area contributed by atoms with E-state index in [-0.39, 0.29) is 24.1 Å². The molecule has 0 unspecified atom stereocenters. The fraction of sp³-hybridized carbons (Fsp3) is 0.439. The lowest BCUT2D eigenvalue weighted by Gasteiger charge is -2.23. The molecule has 0 amide bonds. The molecular weight excluding hydrogens is 540 g/mol. The molecule has 0 heterocycles. The van der Waals surface area contributed by atoms with Gasteiger partial charge in [0.25, 0.3) is 0 Å². The zero-order chi connectivity index (χ0) is 33.4. The van der Waals surface area contributed by atoms with Gasteiger partial charge in [-0.15, -0.1) is 0 Å². The van der Waals surface area contributed by atoms with Crippen LogP contribution in [-0.4, -0.2) is 23.3 Å². The first-order valence-electron chi connectivity index (χ1n) is 15.9. The Kier molecular flexibility index (Phi) is 22.3. The van der Waals surface area contributed by atoms with E-state index in [0.717, 1.165) is 43.3 Å². The molecule has 0 spiro atoms. The third kappa shape index (κ3) is 24.2. The molecule has 0 aromatic rings. The van der Waals surface area contributed by atoms with Gasteiger partial charge >= 0.3 is 0 Å². The van der Waals surface area contributed by atoms with Crippen LogP contribution < -0.4 is 0 Å². The first-order valence-corrected chi connectivity index (χ1v) is 15.9. The molecule has 0 fully saturated rings. The molecule has 0 aliphatic rings. The summed E-state index contributed by atoms with van der Waals surface area (Å²) in [6, 6.07) is 0. The van der Waals surface area contributed by atoms with Gasteiger partial charge < -0.3 is 9.84 Å². The molecule has 0 saturated carbocycles. The highest BCUT2D eigenvalue weighted by Gasteiger charge is 2.16. The van der Waals surface area contributed by atoms with Gasteiger partial charge in [0.05, 0.1) is 5.60 Å². The van der Waals surface area contributed by atoms with E-state index in [1.165, 1.54) is 22.3 Å². The number of rotatable bonds is 20. The molecule has 3 nitrogen and oxygen atoms in total. The second kappa shape index (κ2) is 24.1. The van der Waals surface area contributed by atoms with Crippen LogP contribution in [0.3, 0.4) is 0 Å². The molecule has 0 aromatic carbocycles. The average Bonchev–Trinajstić information content (AvgIpc) is 2.93. The zero-order valence-electron chi connectivity index (χ0n) is 29.3. The molecular formula is C41H60O3. The van der Waals surface area contributed by atoms with Crippen LogP contribution in [0.25, 0.3) is 0 Å². The topological polar surface area (TPSA) is 46.5 Å². The summed E-state index contributed by atoms with van der Waals surface area (Å²) < 4.78 is 5.36. The summed E-state index contributed by atoms with van der Waals surface area (Å²) in [6.07, 6.45) is 38.2. The number of hydrogen-bond donors (Lipinski definition) is 1. The first-order chi connectivity index (χ1) is 20.8. The minimum Gasteiger partial charge on any atom is -0.371 e. The Morgan fingerprint density at radius 3 is 1.64 bits per heavy atom. The van der Waals surface area contributed by atoms with Crippen molar-refractivity contribution in [3.05, 3.63) is 131 Å². The van der Waals surface area contributed by atoms with Crippen LogP contribution in [0.2, 0.25) is 0 Å². The van der Waals surface area contributed by atoms with Crippen molar-refractivity contribution in [3.8, 4) is 0 Å². The van der Waals surface area contributed by atoms with Gasteiger partial charge in [0, 0.05) is 5.92 Å². The lowest BCUT2D eigenvalue weighted by atomic mass is 9.98. The van der Waals surface area contributed by atoms with Gasteiger partial charge in [-0.1, -0.05) is 138 Å². The monoisotopic (exact) mass is 600 g/mol. The molecule has 3 heteroatoms. The second-order valence-electron chi connectivity index (χ2n) is 12.5. The number of ketones is 1. The molecule has 0 saturated heterocycles. The third-order valence-electron chi connectivity index (χ3n) is 6.92. The van der Waals surface area contributed by atoms with Crippen molar-refractivity contribution in [2.75, 3.05) is 6.79 Å². The summed E-state index contributed by atoms with van der Waals surface area (Å²) in [4.78, 5) is 11.7. The Morgan fingerprint density at radius 2 is 1.14 bits per heavy atom. The third-order valence-corrected chi connectivity index (χ3v) is 6.92. The SMILES string of the molecule is CC(/C=C/C=C(C)/C=C/C=C(C)/C=C/C(=O)C(C)C)=C\C=C\C=C(C)\C=C\C=C(/C)CC/C=C(\C)CCCC(C)(C)OCO. The van der Waals surface area contributed by atoms with Crippen molar-refractivity contribution in [1.82, 2.24) is 0 Å². The number of carbonyl (C=O) groups excluding carboxylic acids is 1. The summed E-state index contributed by atoms with van der Waals surface area (Å²) in [5.41, 5.74) is 7.10. The van der Waals surface area contributed by atoms with Crippen LogP contribution in [0.4, 0.5) is 0 Å². The van der Waals surface area contributed by atoms with Crippen molar-refractivity contribution in [2.45, 2.75) is 107 Å². The van der Waals surface area contributed by atoms with Crippen LogP contribution in [0, 0.1) is 5.92 Å². The highest BCUT2D eigenvalue weighted by atomic mass is 16.6. The molecule has 0 atom stereocenters. The van der Waals surface area contributed by atoms with E-state index in [9.17, 15) is 4.79 Å². The van der Waals surface area contributed by atoms with Crippen LogP contribution in [0.1, 0.15) is 101 Å². The Balaban J connectivity index is 4.65. The normalized spacial score (nSPS) is 15.5. The molecule has 1 N–H and O–H groups in total. The summed E-state index contributed by atoms with van der Waals surface area (Å²) in [5.74, 6) is 0.177. The highest BCUT2D eigenvalue weighted by Crippen LogP contribution is 2.20. The minimum absolute atomic E-state index is 0.0311. The number of aliphatic hydroxyl groups excluding tert-OH is 1. The molecule has 0 radical (unpaired) electrons. The fourth-order valence-electron chi connectivity index (χ4n) is 3.88. The largest absolute Gasteiger partial charge is 0.371 e. The van der Waals surface area contributed by atoms with Gasteiger partial charge in [0.15, 0.2) is 5.78 Å². The summed E-state index contributed by atoms with van der Waals surface area (Å²) in [6.45, 7) is 20.3. The number of carbonyl (C=O) groups is 1. The Hall–Kier alpha value is -3.27. The van der Waals surface area contributed by atoms with Crippen molar-refractivity contribution in [2.24, 2.45) is 5.92 Å². The predicted octanol–water partition coefficient (Wildman–Crippen LogP) is 11.4. The summed E-state index contributed by atoms with van der Waals surface area (Å²) in [7, 11) is 0. The average molecular weight is 601 g/mol. The lowest BCUT2D eigenvalue weighted by molar-refractivity contribution is -0.117. The van der Waals surface area contributed by atoms with Crippen LogP contribution in [0.15, 0.2) is 131 Å². The maximum absolute atomic E-state index is 11.7. The summed E-state index contributed by atoms with van der Waals surface area (Å²) in [5, 5.41) is 8.96. The van der Waals surface area contributed by atoms with E-state index < -0.39 is 0 Å². The minimum atomic E-state index is -0.263. The van der Waals surface area contributed by atoms with Gasteiger partial charge in [-0.05, 0) is 93.6 Å². The van der Waals surface area contributed by atoms with E-state index in [1.54, 1.807) is 6.08 Å². The van der Waals surface area contributed by atoms with Crippen molar-refractivity contribution in [1.29, 1.82) is 0 Å². The zero-order valence-corrected chi connectivity index (χ0v) is 29.3. The molecule has 0 bridgehead atoms. The first kappa shape index (κ1) is 40.7. The van der Waals surface area contributed by atoms with Gasteiger partial charge in [0.2, 0.25) is 0 Å². The quantitative estimate of drug-likeness (QED) is 0.0654. The van der Waals surface area contributed by atoms with Gasteiger partial charge in [-0.3, -0.25) is 4.79 Å². The van der Waals surface area contributed by atoms with Crippen LogP contribution >= 0.6 is 0 Å². The predicted molar refractivity (Wildman–Crippen MR) is 193 cm³/mol. The molecule has 44 heavy (non-hydrogen) atoms. The standard InChI is InChI=1S/C41H60O3/c1-33(2)40(43)30-29-39(8)27-16-25-37(6)23-14-21-35(4)19-12-11-18-34(3)20-13-22-36(5)24-15-26-38(7)28-17-31-41(9,10)44-32-42/h11-14,16,18-23,25-27,29-30,33,42H,15,17,24,28,31-32H2,1-10H3/b12-11+,20-13+,21-14+,25-16+,30-29+,34-18+,35-19+,36-22+,37-23+,38-26+,39-27+. The molecule has 0 aliphatic heterocycles. The molecule has 0 rings (SSSR count). The van der Waals surface area contributed by atoms with E-state index in [4.69, 9.17) is 9.84 Å². The molecule has 0 aromatic heterocycles. The van der Waals surface area contributed by atoms with E-state index in [0.29, 0.717) is 0 Å². The number of allylic oxidation sites excluding steroid dienone is 22. The fourth-order valence-corrected chi connectivity index (χ4v) is 3.88. The smallest absolute Gasteiger partial charge is 0.158 e. The van der Waals surface area contributed by atoms with Crippen LogP contribution in [-0.2, 0) is 9.53 Å². The number of aliphatic hydroxyl groups is 1. The van der Waals surface area contributed by atoms with Crippen molar-refractivity contribution >= 4 is 5.78 Å². The van der Waals surface area contributed by atoms with E-state index in [1.807, 2.05) is 52.8 Å². The highest BCUT2D eigenvalue weighted by molar-refractivity contribution is 5.91. The maximum atomic E-state index is 11.7. The van der Waals surface area contributed by atoms with Crippen molar-refractivity contribution < 1.29 is 14.6 Å². The Morgan fingerprint density at radius 1 is 0.659 bits per heavy atom. The van der Waals surface area contributed by atoms with Gasteiger partial charge in [0.1, 0.15) is 6.79 Å². The van der Waals surface area contributed by atoms with E-state index in [2.05, 4.69) is 108 Å². The molecule has 0 aliphatic carbocycles. The second-order valence-corrected chi connectivity index (χ2v) is 12.5. The number of hydrogen-bond acceptors (Lipinski definition) is 3. The Labute approximate surface area is 270 Å². The lowest BCUT2D eigenvalue weighted by Crippen LogP contribution is -2.24. The number of ether oxygens (including phenoxy) is 1. The molecule has 242 valence electrons. The van der Waals surface area contributed by atoms with Crippen molar-refractivity contribution in [3.63, 3.8) is 0 Å². The van der Waals surface area contributed by atoms with Gasteiger partial charge in [-0.2, -0.15) is 0 Å². The van der Waals surface area contributed by atoms with Crippen LogP contribution in [0.5, 0.6) is 0 Å².